The van der Waals surface area contributed by atoms with Gasteiger partial charge in [0.15, 0.2) is 18.1 Å². The van der Waals surface area contributed by atoms with Crippen LogP contribution in [0.5, 0.6) is 5.75 Å². The molecule has 8 heteroatoms. The molecular weight excluding hydrogens is 396 g/mol. The van der Waals surface area contributed by atoms with E-state index in [1.165, 1.54) is 49.6 Å². The molecule has 0 saturated heterocycles. The van der Waals surface area contributed by atoms with Gasteiger partial charge in [0.2, 0.25) is 0 Å². The predicted molar refractivity (Wildman–Crippen MR) is 99.3 cm³/mol. The van der Waals surface area contributed by atoms with Crippen LogP contribution in [0.4, 0.5) is 4.39 Å². The van der Waals surface area contributed by atoms with Crippen molar-refractivity contribution < 1.29 is 23.5 Å². The highest BCUT2D eigenvalue weighted by molar-refractivity contribution is 6.42. The molecule has 0 atom stereocenters. The molecule has 0 aliphatic carbocycles. The lowest BCUT2D eigenvalue weighted by atomic mass is 10.1. The zero-order valence-corrected chi connectivity index (χ0v) is 15.5. The van der Waals surface area contributed by atoms with Crippen molar-refractivity contribution in [2.75, 3.05) is 13.7 Å². The van der Waals surface area contributed by atoms with E-state index in [2.05, 4.69) is 9.72 Å². The summed E-state index contributed by atoms with van der Waals surface area (Å²) in [5.41, 5.74) is 0.618. The molecule has 0 radical (unpaired) electrons. The number of hydrogen-bond acceptors (Lipinski definition) is 5. The maximum Gasteiger partial charge on any atom is 0.356 e. The molecule has 0 fully saturated rings. The molecule has 27 heavy (non-hydrogen) atoms. The molecule has 0 aliphatic heterocycles. The molecule has 0 saturated carbocycles. The fourth-order valence-electron chi connectivity index (χ4n) is 2.39. The Morgan fingerprint density at radius 1 is 1.07 bits per heavy atom. The molecule has 3 rings (SSSR count). The van der Waals surface area contributed by atoms with E-state index in [9.17, 15) is 14.0 Å². The SMILES string of the molecule is COC(=O)c1cc(OCC(=O)c2ccc(Cl)c(Cl)c2)c2cc(F)ccc2n1. The number of ketones is 1. The second kappa shape index (κ2) is 7.90. The Labute approximate surface area is 163 Å². The topological polar surface area (TPSA) is 65.5 Å². The molecule has 5 nitrogen and oxygen atoms in total. The van der Waals surface area contributed by atoms with E-state index in [1.54, 1.807) is 0 Å². The lowest BCUT2D eigenvalue weighted by Gasteiger charge is -2.11. The number of rotatable bonds is 5. The van der Waals surface area contributed by atoms with Crippen molar-refractivity contribution in [3.63, 3.8) is 0 Å². The van der Waals surface area contributed by atoms with Gasteiger partial charge in [-0.2, -0.15) is 0 Å². The Kier molecular flexibility index (Phi) is 5.58. The number of halogens is 3. The van der Waals surface area contributed by atoms with Gasteiger partial charge in [-0.1, -0.05) is 23.2 Å². The summed E-state index contributed by atoms with van der Waals surface area (Å²) < 4.78 is 23.8. The Bertz CT molecular complexity index is 1060. The van der Waals surface area contributed by atoms with E-state index in [0.717, 1.165) is 0 Å². The van der Waals surface area contributed by atoms with Crippen LogP contribution < -0.4 is 4.74 Å². The van der Waals surface area contributed by atoms with Crippen LogP contribution in [0, 0.1) is 5.82 Å². The molecule has 1 heterocycles. The van der Waals surface area contributed by atoms with Crippen molar-refractivity contribution in [1.82, 2.24) is 4.98 Å². The van der Waals surface area contributed by atoms with E-state index in [1.807, 2.05) is 0 Å². The van der Waals surface area contributed by atoms with Crippen LogP contribution >= 0.6 is 23.2 Å². The van der Waals surface area contributed by atoms with E-state index in [4.69, 9.17) is 27.9 Å². The van der Waals surface area contributed by atoms with Crippen LogP contribution in [0.3, 0.4) is 0 Å². The quantitative estimate of drug-likeness (QED) is 0.451. The number of nitrogens with zero attached hydrogens (tertiary/aromatic N) is 1. The molecule has 0 N–H and O–H groups in total. The van der Waals surface area contributed by atoms with Crippen molar-refractivity contribution >= 4 is 45.9 Å². The lowest BCUT2D eigenvalue weighted by molar-refractivity contribution is 0.0594. The molecule has 1 aromatic heterocycles. The summed E-state index contributed by atoms with van der Waals surface area (Å²) in [6, 6.07) is 9.58. The summed E-state index contributed by atoms with van der Waals surface area (Å²) in [5, 5.41) is 0.893. The maximum atomic E-state index is 13.6. The van der Waals surface area contributed by atoms with Gasteiger partial charge in [-0.05, 0) is 36.4 Å². The summed E-state index contributed by atoms with van der Waals surface area (Å²) >= 11 is 11.8. The fourth-order valence-corrected chi connectivity index (χ4v) is 2.69. The van der Waals surface area contributed by atoms with Crippen molar-refractivity contribution in [3.8, 4) is 5.75 Å². The smallest absolute Gasteiger partial charge is 0.356 e. The highest BCUT2D eigenvalue weighted by atomic mass is 35.5. The minimum absolute atomic E-state index is 0.0198. The molecule has 0 amide bonds. The first kappa shape index (κ1) is 19.1. The van der Waals surface area contributed by atoms with Crippen LogP contribution in [-0.2, 0) is 4.74 Å². The Morgan fingerprint density at radius 2 is 1.85 bits per heavy atom. The average Bonchev–Trinajstić information content (AvgIpc) is 2.67. The Balaban J connectivity index is 1.92. The van der Waals surface area contributed by atoms with Crippen molar-refractivity contribution in [1.29, 1.82) is 0 Å². The number of pyridine rings is 1. The summed E-state index contributed by atoms with van der Waals surface area (Å²) in [5.74, 6) is -1.42. The first-order valence-electron chi connectivity index (χ1n) is 7.68. The Morgan fingerprint density at radius 3 is 2.56 bits per heavy atom. The van der Waals surface area contributed by atoms with Crippen molar-refractivity contribution in [2.24, 2.45) is 0 Å². The van der Waals surface area contributed by atoms with E-state index >= 15 is 0 Å². The van der Waals surface area contributed by atoms with Gasteiger partial charge in [0.25, 0.3) is 0 Å². The van der Waals surface area contributed by atoms with Gasteiger partial charge in [-0.3, -0.25) is 4.79 Å². The standard InChI is InChI=1S/C19H12Cl2FNO4/c1-26-19(25)16-8-18(12-7-11(22)3-5-15(12)23-16)27-9-17(24)10-2-4-13(20)14(21)6-10/h2-8H,9H2,1H3. The number of fused-ring (bicyclic) bond motifs is 1. The molecule has 0 bridgehead atoms. The van der Waals surface area contributed by atoms with Crippen molar-refractivity contribution in [3.05, 3.63) is 69.6 Å². The number of carbonyl (C=O) groups is 2. The minimum Gasteiger partial charge on any atom is -0.485 e. The first-order valence-corrected chi connectivity index (χ1v) is 8.44. The van der Waals surface area contributed by atoms with E-state index < -0.39 is 11.8 Å². The van der Waals surface area contributed by atoms with Gasteiger partial charge in [0.05, 0.1) is 22.7 Å². The third-order valence-electron chi connectivity index (χ3n) is 3.73. The van der Waals surface area contributed by atoms with Gasteiger partial charge in [-0.25, -0.2) is 14.2 Å². The normalized spacial score (nSPS) is 10.7. The van der Waals surface area contributed by atoms with Gasteiger partial charge in [-0.15, -0.1) is 0 Å². The monoisotopic (exact) mass is 407 g/mol. The average molecular weight is 408 g/mol. The third-order valence-corrected chi connectivity index (χ3v) is 4.47. The summed E-state index contributed by atoms with van der Waals surface area (Å²) in [6.45, 7) is -0.353. The van der Waals surface area contributed by atoms with Crippen LogP contribution in [-0.4, -0.2) is 30.5 Å². The highest BCUT2D eigenvalue weighted by Gasteiger charge is 2.16. The van der Waals surface area contributed by atoms with Gasteiger partial charge in [0, 0.05) is 17.0 Å². The zero-order valence-electron chi connectivity index (χ0n) is 14.0. The number of esters is 1. The Hall–Kier alpha value is -2.70. The number of methoxy groups -OCH3 is 1. The maximum absolute atomic E-state index is 13.6. The molecule has 2 aromatic carbocycles. The van der Waals surface area contributed by atoms with Gasteiger partial charge in [0.1, 0.15) is 11.6 Å². The first-order chi connectivity index (χ1) is 12.9. The largest absolute Gasteiger partial charge is 0.485 e. The number of carbonyl (C=O) groups excluding carboxylic acids is 2. The fraction of sp³-hybridized carbons (Fsp3) is 0.105. The van der Waals surface area contributed by atoms with Gasteiger partial charge < -0.3 is 9.47 Å². The molecule has 3 aromatic rings. The minimum atomic E-state index is -0.679. The zero-order chi connectivity index (χ0) is 19.6. The van der Waals surface area contributed by atoms with Crippen LogP contribution in [0.1, 0.15) is 20.8 Å². The van der Waals surface area contributed by atoms with E-state index in [-0.39, 0.29) is 28.9 Å². The molecular formula is C19H12Cl2FNO4. The van der Waals surface area contributed by atoms with E-state index in [0.29, 0.717) is 21.5 Å². The number of hydrogen-bond donors (Lipinski definition) is 0. The number of ether oxygens (including phenoxy) is 2. The molecule has 138 valence electrons. The number of Topliss-reactive ketones (excluding diaryl/α,β-unsaturated/α-hetero) is 1. The summed E-state index contributed by atoms with van der Waals surface area (Å²) in [7, 11) is 1.22. The van der Waals surface area contributed by atoms with Crippen molar-refractivity contribution in [2.45, 2.75) is 0 Å². The van der Waals surface area contributed by atoms with Crippen LogP contribution in [0.15, 0.2) is 42.5 Å². The summed E-state index contributed by atoms with van der Waals surface area (Å²) in [6.07, 6.45) is 0. The lowest BCUT2D eigenvalue weighted by Crippen LogP contribution is -2.13. The second-order valence-corrected chi connectivity index (χ2v) is 6.31. The van der Waals surface area contributed by atoms with Crippen LogP contribution in [0.25, 0.3) is 10.9 Å². The molecule has 0 spiro atoms. The third kappa shape index (κ3) is 4.18. The second-order valence-electron chi connectivity index (χ2n) is 5.50. The highest BCUT2D eigenvalue weighted by Crippen LogP contribution is 2.27. The van der Waals surface area contributed by atoms with Gasteiger partial charge >= 0.3 is 5.97 Å². The number of benzene rings is 2. The summed E-state index contributed by atoms with van der Waals surface area (Å²) in [4.78, 5) is 28.3. The predicted octanol–water partition coefficient (Wildman–Crippen LogP) is 4.73. The number of aromatic nitrogens is 1. The van der Waals surface area contributed by atoms with Crippen LogP contribution in [0.2, 0.25) is 10.0 Å². The molecule has 0 aliphatic rings. The molecule has 0 unspecified atom stereocenters.